The zero-order valence-corrected chi connectivity index (χ0v) is 36.8. The fourth-order valence-corrected chi connectivity index (χ4v) is 8.12. The van der Waals surface area contributed by atoms with Gasteiger partial charge in [0.25, 0.3) is 5.91 Å². The Bertz CT molecular complexity index is 2110. The highest BCUT2D eigenvalue weighted by atomic mass is 33.1. The van der Waals surface area contributed by atoms with E-state index < -0.39 is 65.4 Å². The van der Waals surface area contributed by atoms with Crippen molar-refractivity contribution in [3.05, 3.63) is 102 Å². The van der Waals surface area contributed by atoms with Gasteiger partial charge in [0.2, 0.25) is 23.6 Å². The second-order valence-electron chi connectivity index (χ2n) is 14.7. The van der Waals surface area contributed by atoms with Crippen molar-refractivity contribution in [2.45, 2.75) is 94.1 Å². The minimum absolute atomic E-state index is 0.0172. The highest BCUT2D eigenvalue weighted by molar-refractivity contribution is 8.75. The van der Waals surface area contributed by atoms with Crippen LogP contribution in [0.25, 0.3) is 10.9 Å². The number of aromatic amines is 1. The molecule has 6 atom stereocenters. The molecule has 0 aliphatic heterocycles. The van der Waals surface area contributed by atoms with Gasteiger partial charge in [-0.25, -0.2) is 4.79 Å². The van der Waals surface area contributed by atoms with Gasteiger partial charge < -0.3 is 52.1 Å². The Hall–Kier alpha value is -5.64. The zero-order valence-electron chi connectivity index (χ0n) is 35.1. The molecule has 0 bridgehead atoms. The van der Waals surface area contributed by atoms with Gasteiger partial charge in [0, 0.05) is 36.4 Å². The molecule has 63 heavy (non-hydrogen) atoms. The number of aliphatic hydroxyl groups excluding tert-OH is 1. The van der Waals surface area contributed by atoms with Gasteiger partial charge >= 0.3 is 6.03 Å². The van der Waals surface area contributed by atoms with Crippen molar-refractivity contribution >= 4 is 68.3 Å². The zero-order chi connectivity index (χ0) is 45.7. The molecular weight excluding hydrogens is 851 g/mol. The lowest BCUT2D eigenvalue weighted by molar-refractivity contribution is -0.132. The third-order valence-electron chi connectivity index (χ3n) is 9.82. The summed E-state index contributed by atoms with van der Waals surface area (Å²) in [6.45, 7) is 2.17. The topological polar surface area (TPSA) is 292 Å². The molecule has 0 fully saturated rings. The molecule has 340 valence electrons. The Morgan fingerprint density at radius 3 is 2.05 bits per heavy atom. The number of nitrogens with one attached hydrogen (secondary N) is 7. The van der Waals surface area contributed by atoms with Crippen LogP contribution in [0, 0.1) is 0 Å². The molecule has 0 spiro atoms. The van der Waals surface area contributed by atoms with E-state index in [1.165, 1.54) is 19.2 Å². The Balaban J connectivity index is 1.65. The number of carbonyl (C=O) groups is 6. The maximum absolute atomic E-state index is 14.5. The smallest absolute Gasteiger partial charge is 0.318 e. The number of para-hydroxylation sites is 1. The van der Waals surface area contributed by atoms with Crippen molar-refractivity contribution in [3.63, 3.8) is 0 Å². The van der Waals surface area contributed by atoms with Crippen LogP contribution < -0.4 is 43.4 Å². The summed E-state index contributed by atoms with van der Waals surface area (Å²) in [7, 11) is 2.35. The molecule has 0 radical (unpaired) electrons. The predicted octanol–water partition coefficient (Wildman–Crippen LogP) is 2.14. The van der Waals surface area contributed by atoms with Crippen LogP contribution in [0.5, 0.6) is 5.75 Å². The van der Waals surface area contributed by atoms with Gasteiger partial charge in [-0.05, 0) is 84.3 Å². The quantitative estimate of drug-likeness (QED) is 0.0187. The van der Waals surface area contributed by atoms with Crippen LogP contribution in [-0.2, 0) is 47.4 Å². The van der Waals surface area contributed by atoms with Crippen molar-refractivity contribution in [1.29, 1.82) is 0 Å². The van der Waals surface area contributed by atoms with Gasteiger partial charge in [0.05, 0.1) is 24.2 Å². The Morgan fingerprint density at radius 2 is 1.37 bits per heavy atom. The number of aliphatic hydroxyl groups is 1. The average Bonchev–Trinajstić information content (AvgIpc) is 3.67. The van der Waals surface area contributed by atoms with Crippen molar-refractivity contribution < 1.29 is 43.2 Å². The molecular formula is C43H57N9O9S2. The molecule has 4 aromatic rings. The van der Waals surface area contributed by atoms with E-state index in [1.807, 2.05) is 66.8 Å². The van der Waals surface area contributed by atoms with Crippen LogP contribution >= 0.6 is 21.9 Å². The fraction of sp³-hybridized carbons (Fsp3) is 0.395. The van der Waals surface area contributed by atoms with Crippen molar-refractivity contribution in [2.75, 3.05) is 13.7 Å². The van der Waals surface area contributed by atoms with Crippen LogP contribution in [0.2, 0.25) is 0 Å². The number of imide groups is 1. The number of aromatic hydroxyl groups is 1. The van der Waals surface area contributed by atoms with Gasteiger partial charge in [-0.3, -0.25) is 34.6 Å². The lowest BCUT2D eigenvalue weighted by Gasteiger charge is -2.30. The Morgan fingerprint density at radius 1 is 0.746 bits per heavy atom. The molecule has 0 aliphatic carbocycles. The Labute approximate surface area is 373 Å². The van der Waals surface area contributed by atoms with Gasteiger partial charge in [-0.2, -0.15) is 0 Å². The summed E-state index contributed by atoms with van der Waals surface area (Å²) in [6, 6.07) is 16.6. The monoisotopic (exact) mass is 907 g/mol. The molecule has 1 aromatic heterocycles. The second-order valence-corrected chi connectivity index (χ2v) is 16.8. The molecule has 7 amide bonds. The van der Waals surface area contributed by atoms with Gasteiger partial charge in [0.15, 0.2) is 0 Å². The number of primary amides is 1. The third kappa shape index (κ3) is 16.5. The number of rotatable bonds is 26. The molecule has 1 heterocycles. The largest absolute Gasteiger partial charge is 0.508 e. The summed E-state index contributed by atoms with van der Waals surface area (Å²) in [5.41, 5.74) is 13.7. The van der Waals surface area contributed by atoms with Gasteiger partial charge in [0.1, 0.15) is 35.5 Å². The number of amides is 7. The predicted molar refractivity (Wildman–Crippen MR) is 242 cm³/mol. The van der Waals surface area contributed by atoms with Crippen molar-refractivity contribution in [1.82, 2.24) is 36.9 Å². The first-order chi connectivity index (χ1) is 30.3. The van der Waals surface area contributed by atoms with E-state index in [9.17, 15) is 39.0 Å². The number of fused-ring (bicyclic) bond motifs is 1. The number of urea groups is 1. The summed E-state index contributed by atoms with van der Waals surface area (Å²) in [6.07, 6.45) is 1.95. The minimum Gasteiger partial charge on any atom is -0.508 e. The number of phenolic OH excluding ortho intramolecular Hbond substituents is 1. The number of aromatic nitrogens is 1. The lowest BCUT2D eigenvalue weighted by atomic mass is 10.0. The van der Waals surface area contributed by atoms with Crippen molar-refractivity contribution in [2.24, 2.45) is 11.5 Å². The van der Waals surface area contributed by atoms with Crippen LogP contribution in [0.1, 0.15) is 55.7 Å². The number of H-pyrrole nitrogens is 1. The number of phenols is 1. The van der Waals surface area contributed by atoms with Crippen LogP contribution in [0.4, 0.5) is 4.79 Å². The van der Waals surface area contributed by atoms with Crippen molar-refractivity contribution in [3.8, 4) is 5.75 Å². The second kappa shape index (κ2) is 26.1. The van der Waals surface area contributed by atoms with Gasteiger partial charge in [-0.15, -0.1) is 0 Å². The lowest BCUT2D eigenvalue weighted by Crippen LogP contribution is -2.60. The molecule has 13 N–H and O–H groups in total. The molecule has 3 aromatic carbocycles. The first-order valence-corrected chi connectivity index (χ1v) is 22.6. The molecule has 20 heteroatoms. The van der Waals surface area contributed by atoms with Crippen LogP contribution in [0.15, 0.2) is 85.1 Å². The first-order valence-electron chi connectivity index (χ1n) is 20.5. The number of benzene rings is 3. The number of unbranched alkanes of at least 4 members (excludes halogenated alkanes) is 1. The standard InChI is InChI=1S/C43H57N9O9S2/c1-3-11-36(54)47-33(22-26-12-5-4-6-13-26)40(58)51-42(62-63-61-2)41(59)50-34(23-27-17-19-29(53)20-18-27)38(56)49-35(24-28-25-46-31-15-8-7-14-30(28)31)39(57)48-32(16-9-10-21-44)37(55)52-43(45)60/h4-8,12-15,17-20,25,32-35,41-42,46,50,53,59H,3,9-11,16,21-24,44H2,1-2H3,(H,47,54)(H,48,57)(H,49,56)(H,51,58)(H3,45,52,55,60)/t32-,33-,34-,35-,41?,42-/m0/s1. The molecule has 0 aliphatic rings. The Kier molecular flexibility index (Phi) is 20.7. The normalized spacial score (nSPS) is 14.0. The molecule has 4 rings (SSSR count). The van der Waals surface area contributed by atoms with E-state index in [0.29, 0.717) is 36.9 Å². The SMILES string of the molecule is CCCC(=O)N[C@@H](Cc1ccccc1)C(=O)N[C@@H](SSOC)C(O)N[C@@H](Cc1ccc(O)cc1)C(=O)N[C@@H](Cc1c[nH]c2ccccc12)C(=O)N[C@@H](CCCCN)C(=O)NC(N)=O. The third-order valence-corrected chi connectivity index (χ3v) is 11.9. The van der Waals surface area contributed by atoms with E-state index >= 15 is 0 Å². The molecule has 0 saturated heterocycles. The fourth-order valence-electron chi connectivity index (χ4n) is 6.66. The molecule has 0 saturated carbocycles. The van der Waals surface area contributed by atoms with Crippen LogP contribution in [0.3, 0.4) is 0 Å². The first kappa shape index (κ1) is 50.0. The van der Waals surface area contributed by atoms with Gasteiger partial charge in [-0.1, -0.05) is 67.6 Å². The summed E-state index contributed by atoms with van der Waals surface area (Å²) < 4.78 is 5.19. The molecule has 18 nitrogen and oxygen atoms in total. The van der Waals surface area contributed by atoms with E-state index in [2.05, 4.69) is 31.6 Å². The number of hydrogen-bond acceptors (Lipinski definition) is 13. The summed E-state index contributed by atoms with van der Waals surface area (Å²) >= 11 is 0.863. The van der Waals surface area contributed by atoms with E-state index in [1.54, 1.807) is 18.3 Å². The van der Waals surface area contributed by atoms with Crippen LogP contribution in [-0.4, -0.2) is 100 Å². The maximum atomic E-state index is 14.5. The average molecular weight is 908 g/mol. The highest BCUT2D eigenvalue weighted by Crippen LogP contribution is 2.28. The number of hydrogen-bond donors (Lipinski definition) is 11. The number of carbonyl (C=O) groups excluding carboxylic acids is 6. The van der Waals surface area contributed by atoms with E-state index in [-0.39, 0.29) is 43.8 Å². The minimum atomic E-state index is -1.64. The highest BCUT2D eigenvalue weighted by Gasteiger charge is 2.34. The summed E-state index contributed by atoms with van der Waals surface area (Å²) in [4.78, 5) is 83.2. The number of nitrogens with two attached hydrogens (primary N) is 2. The molecule has 1 unspecified atom stereocenters. The summed E-state index contributed by atoms with van der Waals surface area (Å²) in [5.74, 6) is -3.27. The van der Waals surface area contributed by atoms with E-state index in [0.717, 1.165) is 38.3 Å². The summed E-state index contributed by atoms with van der Waals surface area (Å²) in [5, 5.41) is 37.4. The maximum Gasteiger partial charge on any atom is 0.318 e. The van der Waals surface area contributed by atoms with E-state index in [4.69, 9.17) is 15.7 Å².